The number of aryl methyl sites for hydroxylation is 1. The minimum atomic E-state index is -3.96. The Morgan fingerprint density at radius 2 is 2.08 bits per heavy atom. The molecule has 2 N–H and O–H groups in total. The van der Waals surface area contributed by atoms with E-state index < -0.39 is 10.3 Å². The normalized spacial score (nSPS) is 11.3. The lowest BCUT2D eigenvalue weighted by molar-refractivity contribution is 0.486. The fourth-order valence-electron chi connectivity index (χ4n) is 0.831. The molecule has 0 spiro atoms. The van der Waals surface area contributed by atoms with E-state index in [0.717, 1.165) is 0 Å². The van der Waals surface area contributed by atoms with Crippen molar-refractivity contribution in [1.82, 2.24) is 0 Å². The first kappa shape index (κ1) is 10.3. The first-order valence-corrected chi connectivity index (χ1v) is 5.22. The minimum absolute atomic E-state index is 0.187. The number of hydrogen-bond donors (Lipinski definition) is 1. The Kier molecular flexibility index (Phi) is 2.80. The lowest BCUT2D eigenvalue weighted by Gasteiger charge is -2.05. The van der Waals surface area contributed by atoms with Gasteiger partial charge in [0, 0.05) is 5.02 Å². The van der Waals surface area contributed by atoms with Crippen LogP contribution in [0.2, 0.25) is 5.02 Å². The van der Waals surface area contributed by atoms with Crippen LogP contribution in [0.15, 0.2) is 18.2 Å². The maximum Gasteiger partial charge on any atom is 0.380 e. The fourth-order valence-corrected chi connectivity index (χ4v) is 1.50. The summed E-state index contributed by atoms with van der Waals surface area (Å²) in [5, 5.41) is 5.20. The second-order valence-electron chi connectivity index (χ2n) is 2.49. The van der Waals surface area contributed by atoms with E-state index in [-0.39, 0.29) is 5.75 Å². The van der Waals surface area contributed by atoms with Gasteiger partial charge >= 0.3 is 10.3 Å². The van der Waals surface area contributed by atoms with Crippen molar-refractivity contribution in [3.63, 3.8) is 0 Å². The van der Waals surface area contributed by atoms with Crippen LogP contribution in [-0.4, -0.2) is 8.42 Å². The van der Waals surface area contributed by atoms with Crippen LogP contribution in [-0.2, 0) is 10.3 Å². The van der Waals surface area contributed by atoms with Crippen LogP contribution in [0.4, 0.5) is 0 Å². The van der Waals surface area contributed by atoms with Gasteiger partial charge < -0.3 is 4.18 Å². The fraction of sp³-hybridized carbons (Fsp3) is 0.143. The molecule has 1 rings (SSSR count). The summed E-state index contributed by atoms with van der Waals surface area (Å²) < 4.78 is 25.6. The van der Waals surface area contributed by atoms with Crippen LogP contribution in [0.5, 0.6) is 5.75 Å². The number of halogens is 1. The van der Waals surface area contributed by atoms with Gasteiger partial charge in [0.1, 0.15) is 5.75 Å². The average molecular weight is 222 g/mol. The van der Waals surface area contributed by atoms with E-state index in [1.54, 1.807) is 13.0 Å². The predicted octanol–water partition coefficient (Wildman–Crippen LogP) is 1.23. The molecular formula is C7H8ClNO3S. The standard InChI is InChI=1S/C7H8ClNO3S/c1-5-4-6(8)2-3-7(5)12-13(9,10)11/h2-4H,1H3,(H2,9,10,11). The lowest BCUT2D eigenvalue weighted by atomic mass is 10.2. The minimum Gasteiger partial charge on any atom is -0.371 e. The van der Waals surface area contributed by atoms with Gasteiger partial charge in [-0.2, -0.15) is 13.6 Å². The van der Waals surface area contributed by atoms with E-state index in [1.807, 2.05) is 0 Å². The summed E-state index contributed by atoms with van der Waals surface area (Å²) >= 11 is 5.65. The number of nitrogens with two attached hydrogens (primary N) is 1. The highest BCUT2D eigenvalue weighted by Gasteiger charge is 2.07. The topological polar surface area (TPSA) is 69.4 Å². The van der Waals surface area contributed by atoms with E-state index >= 15 is 0 Å². The maximum atomic E-state index is 10.6. The van der Waals surface area contributed by atoms with E-state index in [1.165, 1.54) is 12.1 Å². The van der Waals surface area contributed by atoms with Gasteiger partial charge in [0.15, 0.2) is 0 Å². The largest absolute Gasteiger partial charge is 0.380 e. The Morgan fingerprint density at radius 1 is 1.46 bits per heavy atom. The Labute approximate surface area is 81.5 Å². The highest BCUT2D eigenvalue weighted by Crippen LogP contribution is 2.22. The zero-order valence-corrected chi connectivity index (χ0v) is 8.39. The molecule has 4 nitrogen and oxygen atoms in total. The Hall–Kier alpha value is -0.780. The molecule has 0 fully saturated rings. The molecule has 1 aromatic carbocycles. The molecule has 0 bridgehead atoms. The molecule has 0 heterocycles. The third-order valence-electron chi connectivity index (χ3n) is 1.34. The van der Waals surface area contributed by atoms with E-state index in [4.69, 9.17) is 16.7 Å². The second kappa shape index (κ2) is 3.53. The summed E-state index contributed by atoms with van der Waals surface area (Å²) in [6.45, 7) is 1.67. The molecule has 0 atom stereocenters. The van der Waals surface area contributed by atoms with E-state index in [9.17, 15) is 8.42 Å². The first-order valence-electron chi connectivity index (χ1n) is 3.37. The second-order valence-corrected chi connectivity index (χ2v) is 4.07. The van der Waals surface area contributed by atoms with Crippen molar-refractivity contribution in [2.24, 2.45) is 5.14 Å². The van der Waals surface area contributed by atoms with Crippen LogP contribution in [0.25, 0.3) is 0 Å². The monoisotopic (exact) mass is 221 g/mol. The van der Waals surface area contributed by atoms with Crippen molar-refractivity contribution in [3.8, 4) is 5.75 Å². The van der Waals surface area contributed by atoms with Gasteiger partial charge in [0.2, 0.25) is 0 Å². The summed E-state index contributed by atoms with van der Waals surface area (Å²) in [6.07, 6.45) is 0. The van der Waals surface area contributed by atoms with Crippen LogP contribution < -0.4 is 9.32 Å². The van der Waals surface area contributed by atoms with Gasteiger partial charge in [-0.3, -0.25) is 0 Å². The average Bonchev–Trinajstić information content (AvgIpc) is 1.93. The van der Waals surface area contributed by atoms with Gasteiger partial charge in [-0.15, -0.1) is 0 Å². The van der Waals surface area contributed by atoms with Crippen molar-refractivity contribution in [3.05, 3.63) is 28.8 Å². The number of rotatable bonds is 2. The Bertz CT molecular complexity index is 416. The molecule has 72 valence electrons. The van der Waals surface area contributed by atoms with Gasteiger partial charge in [0.25, 0.3) is 0 Å². The van der Waals surface area contributed by atoms with Crippen LogP contribution in [0, 0.1) is 6.92 Å². The number of hydrogen-bond acceptors (Lipinski definition) is 3. The van der Waals surface area contributed by atoms with Crippen molar-refractivity contribution >= 4 is 21.9 Å². The van der Waals surface area contributed by atoms with E-state index in [0.29, 0.717) is 10.6 Å². The molecule has 0 unspecified atom stereocenters. The molecule has 0 aliphatic heterocycles. The zero-order chi connectivity index (χ0) is 10.1. The summed E-state index contributed by atoms with van der Waals surface area (Å²) in [7, 11) is -3.96. The molecule has 0 aliphatic carbocycles. The first-order chi connectivity index (χ1) is 5.88. The molecular weight excluding hydrogens is 214 g/mol. The van der Waals surface area contributed by atoms with Crippen LogP contribution >= 0.6 is 11.6 Å². The molecule has 13 heavy (non-hydrogen) atoms. The SMILES string of the molecule is Cc1cc(Cl)ccc1OS(N)(=O)=O. The summed E-state index contributed by atoms with van der Waals surface area (Å²) in [6, 6.07) is 4.55. The summed E-state index contributed by atoms with van der Waals surface area (Å²) in [5.74, 6) is 0.187. The molecule has 0 amide bonds. The van der Waals surface area contributed by atoms with Crippen LogP contribution in [0.1, 0.15) is 5.56 Å². The molecule has 0 saturated heterocycles. The highest BCUT2D eigenvalue weighted by molar-refractivity contribution is 7.84. The van der Waals surface area contributed by atoms with Gasteiger partial charge in [-0.1, -0.05) is 11.6 Å². The quantitative estimate of drug-likeness (QED) is 0.817. The van der Waals surface area contributed by atoms with Gasteiger partial charge in [-0.25, -0.2) is 0 Å². The maximum absolute atomic E-state index is 10.6. The molecule has 0 radical (unpaired) electrons. The molecule has 0 aliphatic rings. The van der Waals surface area contributed by atoms with Crippen molar-refractivity contribution < 1.29 is 12.6 Å². The van der Waals surface area contributed by atoms with Crippen molar-refractivity contribution in [2.75, 3.05) is 0 Å². The highest BCUT2D eigenvalue weighted by atomic mass is 35.5. The lowest BCUT2D eigenvalue weighted by Crippen LogP contribution is -2.19. The van der Waals surface area contributed by atoms with Crippen molar-refractivity contribution in [1.29, 1.82) is 0 Å². The zero-order valence-electron chi connectivity index (χ0n) is 6.82. The Balaban J connectivity index is 3.04. The van der Waals surface area contributed by atoms with E-state index in [2.05, 4.69) is 4.18 Å². The third kappa shape index (κ3) is 3.22. The third-order valence-corrected chi connectivity index (χ3v) is 1.99. The number of benzene rings is 1. The molecule has 1 aromatic rings. The summed E-state index contributed by atoms with van der Waals surface area (Å²) in [4.78, 5) is 0. The van der Waals surface area contributed by atoms with Gasteiger partial charge in [-0.05, 0) is 30.7 Å². The summed E-state index contributed by atoms with van der Waals surface area (Å²) in [5.41, 5.74) is 0.613. The molecule has 0 aromatic heterocycles. The van der Waals surface area contributed by atoms with Crippen LogP contribution in [0.3, 0.4) is 0 Å². The molecule has 6 heteroatoms. The van der Waals surface area contributed by atoms with Gasteiger partial charge in [0.05, 0.1) is 0 Å². The predicted molar refractivity (Wildman–Crippen MR) is 49.9 cm³/mol. The molecule has 0 saturated carbocycles. The van der Waals surface area contributed by atoms with Crippen molar-refractivity contribution in [2.45, 2.75) is 6.92 Å². The smallest absolute Gasteiger partial charge is 0.371 e. The Morgan fingerprint density at radius 3 is 2.54 bits per heavy atom.